The number of carbonyl (C=O) groups excluding carboxylic acids is 1. The van der Waals surface area contributed by atoms with Crippen LogP contribution in [0.5, 0.6) is 0 Å². The Morgan fingerprint density at radius 1 is 1.40 bits per heavy atom. The highest BCUT2D eigenvalue weighted by Gasteiger charge is 2.43. The zero-order chi connectivity index (χ0) is 14.2. The van der Waals surface area contributed by atoms with Crippen molar-refractivity contribution in [2.45, 2.75) is 31.8 Å². The van der Waals surface area contributed by atoms with Crippen molar-refractivity contribution in [1.82, 2.24) is 0 Å². The van der Waals surface area contributed by atoms with E-state index in [-0.39, 0.29) is 17.3 Å². The highest BCUT2D eigenvalue weighted by Crippen LogP contribution is 2.37. The number of hydrogen-bond acceptors (Lipinski definition) is 3. The van der Waals surface area contributed by atoms with Gasteiger partial charge in [0.15, 0.2) is 5.78 Å². The van der Waals surface area contributed by atoms with Crippen LogP contribution < -0.4 is 0 Å². The molecule has 2 saturated heterocycles. The van der Waals surface area contributed by atoms with E-state index in [0.717, 1.165) is 37.0 Å². The van der Waals surface area contributed by atoms with E-state index in [1.54, 1.807) is 6.07 Å². The summed E-state index contributed by atoms with van der Waals surface area (Å²) >= 11 is 6.02. The first-order valence-electron chi connectivity index (χ1n) is 7.12. The standard InChI is InChI=1S/C16H19ClO3/c1-11-8-12(2-3-14(11)17)15(18)13-4-6-20-16(9-13)5-7-19-10-16/h2-3,8,13H,4-7,9-10H2,1H3. The first-order valence-corrected chi connectivity index (χ1v) is 7.50. The molecule has 20 heavy (non-hydrogen) atoms. The molecule has 108 valence electrons. The number of aryl methyl sites for hydroxylation is 1. The van der Waals surface area contributed by atoms with Gasteiger partial charge in [0, 0.05) is 36.1 Å². The van der Waals surface area contributed by atoms with Crippen molar-refractivity contribution in [3.8, 4) is 0 Å². The molecule has 0 bridgehead atoms. The van der Waals surface area contributed by atoms with Crippen molar-refractivity contribution in [1.29, 1.82) is 0 Å². The van der Waals surface area contributed by atoms with Gasteiger partial charge in [0.25, 0.3) is 0 Å². The van der Waals surface area contributed by atoms with Crippen LogP contribution in [-0.4, -0.2) is 31.2 Å². The summed E-state index contributed by atoms with van der Waals surface area (Å²) in [6.45, 7) is 3.93. The van der Waals surface area contributed by atoms with Crippen LogP contribution >= 0.6 is 11.6 Å². The maximum atomic E-state index is 12.7. The second-order valence-electron chi connectivity index (χ2n) is 5.85. The van der Waals surface area contributed by atoms with Gasteiger partial charge in [-0.15, -0.1) is 0 Å². The Morgan fingerprint density at radius 3 is 2.95 bits per heavy atom. The number of rotatable bonds is 2. The van der Waals surface area contributed by atoms with Crippen LogP contribution in [0.4, 0.5) is 0 Å². The topological polar surface area (TPSA) is 35.5 Å². The smallest absolute Gasteiger partial charge is 0.166 e. The molecule has 3 nitrogen and oxygen atoms in total. The molecule has 3 rings (SSSR count). The molecular formula is C16H19ClO3. The van der Waals surface area contributed by atoms with Gasteiger partial charge in [-0.3, -0.25) is 4.79 Å². The minimum absolute atomic E-state index is 0.0334. The minimum atomic E-state index is -0.222. The molecule has 1 aromatic rings. The van der Waals surface area contributed by atoms with Gasteiger partial charge in [0.1, 0.15) is 0 Å². The maximum absolute atomic E-state index is 12.7. The van der Waals surface area contributed by atoms with E-state index in [2.05, 4.69) is 0 Å². The van der Waals surface area contributed by atoms with Crippen LogP contribution in [0, 0.1) is 12.8 Å². The molecule has 2 aliphatic rings. The van der Waals surface area contributed by atoms with Gasteiger partial charge < -0.3 is 9.47 Å². The predicted octanol–water partition coefficient (Wildman–Crippen LogP) is 3.42. The summed E-state index contributed by atoms with van der Waals surface area (Å²) in [6, 6.07) is 5.51. The van der Waals surface area contributed by atoms with Crippen molar-refractivity contribution >= 4 is 17.4 Å². The molecule has 0 aromatic heterocycles. The molecule has 2 heterocycles. The average Bonchev–Trinajstić information content (AvgIpc) is 2.89. The van der Waals surface area contributed by atoms with Crippen LogP contribution in [0.3, 0.4) is 0 Å². The summed E-state index contributed by atoms with van der Waals surface area (Å²) in [7, 11) is 0. The van der Waals surface area contributed by atoms with E-state index in [1.165, 1.54) is 0 Å². The number of Topliss-reactive ketones (excluding diaryl/α,β-unsaturated/α-hetero) is 1. The third kappa shape index (κ3) is 2.62. The van der Waals surface area contributed by atoms with Gasteiger partial charge in [0.2, 0.25) is 0 Å². The van der Waals surface area contributed by atoms with Crippen LogP contribution in [0.2, 0.25) is 5.02 Å². The third-order valence-corrected chi connectivity index (χ3v) is 4.80. The van der Waals surface area contributed by atoms with Crippen molar-refractivity contribution < 1.29 is 14.3 Å². The predicted molar refractivity (Wildman–Crippen MR) is 77.4 cm³/mol. The first kappa shape index (κ1) is 14.1. The summed E-state index contributed by atoms with van der Waals surface area (Å²) in [4.78, 5) is 12.7. The van der Waals surface area contributed by atoms with E-state index < -0.39 is 0 Å². The van der Waals surface area contributed by atoms with Crippen molar-refractivity contribution in [3.05, 3.63) is 34.3 Å². The first-order chi connectivity index (χ1) is 9.60. The zero-order valence-electron chi connectivity index (χ0n) is 11.7. The molecule has 0 aliphatic carbocycles. The Bertz CT molecular complexity index is 520. The van der Waals surface area contributed by atoms with E-state index >= 15 is 0 Å². The summed E-state index contributed by atoms with van der Waals surface area (Å²) in [5, 5.41) is 0.703. The van der Waals surface area contributed by atoms with E-state index in [9.17, 15) is 4.79 Å². The number of hydrogen-bond donors (Lipinski definition) is 0. The highest BCUT2D eigenvalue weighted by molar-refractivity contribution is 6.31. The Morgan fingerprint density at radius 2 is 2.25 bits per heavy atom. The minimum Gasteiger partial charge on any atom is -0.378 e. The molecule has 1 spiro atoms. The number of carbonyl (C=O) groups is 1. The van der Waals surface area contributed by atoms with Gasteiger partial charge in [-0.25, -0.2) is 0 Å². The molecule has 0 saturated carbocycles. The summed E-state index contributed by atoms with van der Waals surface area (Å²) < 4.78 is 11.3. The Hall–Kier alpha value is -0.900. The SMILES string of the molecule is Cc1cc(C(=O)C2CCOC3(CCOC3)C2)ccc1Cl. The molecule has 2 aliphatic heterocycles. The van der Waals surface area contributed by atoms with E-state index in [4.69, 9.17) is 21.1 Å². The monoisotopic (exact) mass is 294 g/mol. The molecular weight excluding hydrogens is 276 g/mol. The van der Waals surface area contributed by atoms with Crippen LogP contribution in [-0.2, 0) is 9.47 Å². The fourth-order valence-electron chi connectivity index (χ4n) is 3.15. The highest BCUT2D eigenvalue weighted by atomic mass is 35.5. The van der Waals surface area contributed by atoms with Crippen LogP contribution in [0.15, 0.2) is 18.2 Å². The molecule has 4 heteroatoms. The van der Waals surface area contributed by atoms with Crippen LogP contribution in [0.1, 0.15) is 35.2 Å². The second kappa shape index (κ2) is 5.47. The molecule has 0 amide bonds. The normalized spacial score (nSPS) is 29.8. The lowest BCUT2D eigenvalue weighted by molar-refractivity contribution is -0.0920. The molecule has 2 unspecified atom stereocenters. The Labute approximate surface area is 124 Å². The molecule has 0 radical (unpaired) electrons. The number of benzene rings is 1. The van der Waals surface area contributed by atoms with Crippen LogP contribution in [0.25, 0.3) is 0 Å². The molecule has 1 aromatic carbocycles. The fourth-order valence-corrected chi connectivity index (χ4v) is 3.27. The molecule has 0 N–H and O–H groups in total. The van der Waals surface area contributed by atoms with E-state index in [1.807, 2.05) is 19.1 Å². The average molecular weight is 295 g/mol. The summed E-state index contributed by atoms with van der Waals surface area (Å²) in [5.41, 5.74) is 1.48. The quantitative estimate of drug-likeness (QED) is 0.784. The summed E-state index contributed by atoms with van der Waals surface area (Å²) in [6.07, 6.45) is 2.46. The molecule has 2 atom stereocenters. The van der Waals surface area contributed by atoms with Crippen molar-refractivity contribution in [3.63, 3.8) is 0 Å². The third-order valence-electron chi connectivity index (χ3n) is 4.37. The van der Waals surface area contributed by atoms with Gasteiger partial charge >= 0.3 is 0 Å². The maximum Gasteiger partial charge on any atom is 0.166 e. The lowest BCUT2D eigenvalue weighted by Crippen LogP contribution is -2.42. The Balaban J connectivity index is 1.77. The van der Waals surface area contributed by atoms with Gasteiger partial charge in [-0.05, 0) is 43.5 Å². The fraction of sp³-hybridized carbons (Fsp3) is 0.562. The van der Waals surface area contributed by atoms with Crippen molar-refractivity contribution in [2.24, 2.45) is 5.92 Å². The zero-order valence-corrected chi connectivity index (χ0v) is 12.4. The number of ketones is 1. The lowest BCUT2D eigenvalue weighted by Gasteiger charge is -2.36. The molecule has 2 fully saturated rings. The number of ether oxygens (including phenoxy) is 2. The van der Waals surface area contributed by atoms with Gasteiger partial charge in [-0.1, -0.05) is 11.6 Å². The van der Waals surface area contributed by atoms with Gasteiger partial charge in [0.05, 0.1) is 12.2 Å². The Kier molecular flexibility index (Phi) is 3.85. The second-order valence-corrected chi connectivity index (χ2v) is 6.26. The number of halogens is 1. The van der Waals surface area contributed by atoms with E-state index in [0.29, 0.717) is 18.2 Å². The summed E-state index contributed by atoms with van der Waals surface area (Å²) in [5.74, 6) is 0.241. The van der Waals surface area contributed by atoms with Crippen molar-refractivity contribution in [2.75, 3.05) is 19.8 Å². The van der Waals surface area contributed by atoms with Gasteiger partial charge in [-0.2, -0.15) is 0 Å². The largest absolute Gasteiger partial charge is 0.378 e. The lowest BCUT2D eigenvalue weighted by atomic mass is 9.81.